The van der Waals surface area contributed by atoms with Gasteiger partial charge in [-0.3, -0.25) is 4.68 Å². The van der Waals surface area contributed by atoms with Crippen LogP contribution in [0.1, 0.15) is 31.9 Å². The zero-order valence-electron chi connectivity index (χ0n) is 9.17. The van der Waals surface area contributed by atoms with Gasteiger partial charge in [0.05, 0.1) is 5.69 Å². The van der Waals surface area contributed by atoms with Gasteiger partial charge in [0.15, 0.2) is 5.67 Å². The van der Waals surface area contributed by atoms with Gasteiger partial charge in [-0.15, -0.1) is 0 Å². The lowest BCUT2D eigenvalue weighted by Gasteiger charge is -2.30. The molecule has 1 aromatic rings. The molecule has 0 amide bonds. The van der Waals surface area contributed by atoms with Crippen molar-refractivity contribution in [3.8, 4) is 0 Å². The van der Waals surface area contributed by atoms with Crippen molar-refractivity contribution in [2.45, 2.75) is 38.4 Å². The first-order chi connectivity index (χ1) is 7.26. The number of nitrogens with one attached hydrogen (secondary N) is 1. The summed E-state index contributed by atoms with van der Waals surface area (Å²) >= 11 is 0. The molecule has 1 saturated heterocycles. The molecule has 4 heteroatoms. The molecule has 0 unspecified atom stereocenters. The summed E-state index contributed by atoms with van der Waals surface area (Å²) in [6.07, 6.45) is 3.81. The molecular weight excluding hydrogens is 193 g/mol. The summed E-state index contributed by atoms with van der Waals surface area (Å²) in [6, 6.07) is 1.82. The molecule has 1 N–H and O–H groups in total. The lowest BCUT2D eigenvalue weighted by atomic mass is 9.91. The monoisotopic (exact) mass is 211 g/mol. The number of nitrogens with zero attached hydrogens (tertiary/aromatic N) is 2. The van der Waals surface area contributed by atoms with Crippen LogP contribution in [0.25, 0.3) is 0 Å². The zero-order chi connectivity index (χ0) is 10.7. The number of piperidine rings is 1. The third-order valence-corrected chi connectivity index (χ3v) is 3.01. The van der Waals surface area contributed by atoms with Crippen molar-refractivity contribution in [2.75, 3.05) is 13.1 Å². The van der Waals surface area contributed by atoms with Crippen LogP contribution in [0.4, 0.5) is 4.39 Å². The number of alkyl halides is 1. The zero-order valence-corrected chi connectivity index (χ0v) is 9.17. The van der Waals surface area contributed by atoms with Crippen LogP contribution in [0.5, 0.6) is 0 Å². The van der Waals surface area contributed by atoms with Crippen molar-refractivity contribution < 1.29 is 4.39 Å². The van der Waals surface area contributed by atoms with Gasteiger partial charge in [-0.1, -0.05) is 6.92 Å². The van der Waals surface area contributed by atoms with E-state index >= 15 is 0 Å². The van der Waals surface area contributed by atoms with Crippen LogP contribution < -0.4 is 5.32 Å². The quantitative estimate of drug-likeness (QED) is 0.826. The third kappa shape index (κ3) is 2.04. The van der Waals surface area contributed by atoms with Crippen molar-refractivity contribution in [3.05, 3.63) is 18.0 Å². The SMILES string of the molecule is CCCn1nccc1C1(F)CCNCC1. The van der Waals surface area contributed by atoms with Crippen molar-refractivity contribution in [3.63, 3.8) is 0 Å². The largest absolute Gasteiger partial charge is 0.316 e. The van der Waals surface area contributed by atoms with Crippen LogP contribution in [-0.4, -0.2) is 22.9 Å². The molecular formula is C11H18FN3. The van der Waals surface area contributed by atoms with Crippen LogP contribution in [-0.2, 0) is 12.2 Å². The van der Waals surface area contributed by atoms with Crippen LogP contribution >= 0.6 is 0 Å². The third-order valence-electron chi connectivity index (χ3n) is 3.01. The molecule has 15 heavy (non-hydrogen) atoms. The first kappa shape index (κ1) is 10.6. The number of hydrogen-bond acceptors (Lipinski definition) is 2. The molecule has 3 nitrogen and oxygen atoms in total. The standard InChI is InChI=1S/C11H18FN3/c1-2-9-15-10(3-6-14-15)11(12)4-7-13-8-5-11/h3,6,13H,2,4-5,7-9H2,1H3. The Morgan fingerprint density at radius 2 is 2.27 bits per heavy atom. The van der Waals surface area contributed by atoms with Gasteiger partial charge in [0.2, 0.25) is 0 Å². The topological polar surface area (TPSA) is 29.9 Å². The Hall–Kier alpha value is -0.900. The van der Waals surface area contributed by atoms with E-state index < -0.39 is 5.67 Å². The molecule has 1 aliphatic heterocycles. The van der Waals surface area contributed by atoms with Gasteiger partial charge in [0.1, 0.15) is 0 Å². The van der Waals surface area contributed by atoms with E-state index in [9.17, 15) is 4.39 Å². The minimum atomic E-state index is -1.17. The van der Waals surface area contributed by atoms with Gasteiger partial charge in [-0.2, -0.15) is 5.10 Å². The molecule has 2 rings (SSSR count). The van der Waals surface area contributed by atoms with Crippen molar-refractivity contribution in [1.29, 1.82) is 0 Å². The van der Waals surface area contributed by atoms with Gasteiger partial charge in [0, 0.05) is 12.7 Å². The Labute approximate surface area is 89.7 Å². The van der Waals surface area contributed by atoms with E-state index in [1.807, 2.05) is 10.7 Å². The second-order valence-corrected chi connectivity index (χ2v) is 4.15. The Kier molecular flexibility index (Phi) is 3.05. The molecule has 0 radical (unpaired) electrons. The van der Waals surface area contributed by atoms with Crippen LogP contribution in [0.15, 0.2) is 12.3 Å². The second-order valence-electron chi connectivity index (χ2n) is 4.15. The van der Waals surface area contributed by atoms with Gasteiger partial charge in [-0.25, -0.2) is 4.39 Å². The molecule has 0 bridgehead atoms. The Balaban J connectivity index is 2.22. The van der Waals surface area contributed by atoms with Crippen molar-refractivity contribution >= 4 is 0 Å². The summed E-state index contributed by atoms with van der Waals surface area (Å²) in [4.78, 5) is 0. The maximum Gasteiger partial charge on any atom is 0.154 e. The lowest BCUT2D eigenvalue weighted by Crippen LogP contribution is -2.38. The first-order valence-corrected chi connectivity index (χ1v) is 5.68. The lowest BCUT2D eigenvalue weighted by molar-refractivity contribution is 0.103. The van der Waals surface area contributed by atoms with Gasteiger partial charge < -0.3 is 5.32 Å². The second kappa shape index (κ2) is 4.31. The smallest absolute Gasteiger partial charge is 0.154 e. The molecule has 0 atom stereocenters. The normalized spacial score (nSPS) is 20.4. The molecule has 2 heterocycles. The minimum Gasteiger partial charge on any atom is -0.316 e. The van der Waals surface area contributed by atoms with E-state index in [4.69, 9.17) is 0 Å². The van der Waals surface area contributed by atoms with Crippen LogP contribution in [0.3, 0.4) is 0 Å². The highest BCUT2D eigenvalue weighted by molar-refractivity contribution is 5.13. The summed E-state index contributed by atoms with van der Waals surface area (Å²) in [5, 5.41) is 7.37. The average Bonchev–Trinajstić information content (AvgIpc) is 2.68. The van der Waals surface area contributed by atoms with Gasteiger partial charge >= 0.3 is 0 Å². The molecule has 1 fully saturated rings. The predicted octanol–water partition coefficient (Wildman–Crippen LogP) is 1.84. The van der Waals surface area contributed by atoms with E-state index in [0.717, 1.165) is 31.7 Å². The Bertz CT molecular complexity index is 315. The Morgan fingerprint density at radius 3 is 2.93 bits per heavy atom. The summed E-state index contributed by atoms with van der Waals surface area (Å²) in [6.45, 7) is 4.40. The first-order valence-electron chi connectivity index (χ1n) is 5.68. The van der Waals surface area contributed by atoms with Crippen LogP contribution in [0.2, 0.25) is 0 Å². The molecule has 1 aliphatic rings. The number of hydrogen-bond donors (Lipinski definition) is 1. The number of halogens is 1. The summed E-state index contributed by atoms with van der Waals surface area (Å²) < 4.78 is 16.4. The fraction of sp³-hybridized carbons (Fsp3) is 0.727. The molecule has 1 aromatic heterocycles. The fourth-order valence-corrected chi connectivity index (χ4v) is 2.18. The maximum absolute atomic E-state index is 14.6. The van der Waals surface area contributed by atoms with Gasteiger partial charge in [-0.05, 0) is 38.4 Å². The summed E-state index contributed by atoms with van der Waals surface area (Å²) in [7, 11) is 0. The molecule has 0 spiro atoms. The van der Waals surface area contributed by atoms with Crippen molar-refractivity contribution in [2.24, 2.45) is 0 Å². The Morgan fingerprint density at radius 1 is 1.53 bits per heavy atom. The van der Waals surface area contributed by atoms with Gasteiger partial charge in [0.25, 0.3) is 0 Å². The highest BCUT2D eigenvalue weighted by atomic mass is 19.1. The maximum atomic E-state index is 14.6. The number of rotatable bonds is 3. The molecule has 0 aliphatic carbocycles. The predicted molar refractivity (Wildman–Crippen MR) is 57.4 cm³/mol. The highest BCUT2D eigenvalue weighted by Crippen LogP contribution is 2.34. The number of aromatic nitrogens is 2. The van der Waals surface area contributed by atoms with E-state index in [2.05, 4.69) is 17.3 Å². The van der Waals surface area contributed by atoms with E-state index in [-0.39, 0.29) is 0 Å². The van der Waals surface area contributed by atoms with E-state index in [1.54, 1.807) is 6.20 Å². The molecule has 0 saturated carbocycles. The van der Waals surface area contributed by atoms with Crippen LogP contribution in [0, 0.1) is 0 Å². The minimum absolute atomic E-state index is 0.558. The van der Waals surface area contributed by atoms with Crippen molar-refractivity contribution in [1.82, 2.24) is 15.1 Å². The van der Waals surface area contributed by atoms with E-state index in [0.29, 0.717) is 12.8 Å². The summed E-state index contributed by atoms with van der Waals surface area (Å²) in [5.74, 6) is 0. The number of aryl methyl sites for hydroxylation is 1. The average molecular weight is 211 g/mol. The summed E-state index contributed by atoms with van der Waals surface area (Å²) in [5.41, 5.74) is -0.414. The fourth-order valence-electron chi connectivity index (χ4n) is 2.18. The van der Waals surface area contributed by atoms with E-state index in [1.165, 1.54) is 0 Å². The molecule has 84 valence electrons. The highest BCUT2D eigenvalue weighted by Gasteiger charge is 2.36. The molecule has 0 aromatic carbocycles.